The van der Waals surface area contributed by atoms with E-state index in [4.69, 9.17) is 5.73 Å². The van der Waals surface area contributed by atoms with Gasteiger partial charge in [0.05, 0.1) is 16.7 Å². The summed E-state index contributed by atoms with van der Waals surface area (Å²) < 4.78 is 25.4. The van der Waals surface area contributed by atoms with Crippen molar-refractivity contribution in [3.8, 4) is 0 Å². The van der Waals surface area contributed by atoms with Crippen molar-refractivity contribution in [3.63, 3.8) is 0 Å². The molecule has 1 aromatic carbocycles. The van der Waals surface area contributed by atoms with E-state index in [9.17, 15) is 13.2 Å². The minimum atomic E-state index is -3.14. The molecular formula is C23H30N6O3S. The van der Waals surface area contributed by atoms with Gasteiger partial charge in [-0.05, 0) is 62.7 Å². The number of nitrogens with one attached hydrogen (secondary N) is 4. The fraction of sp³-hybridized carbons (Fsp3) is 0.435. The molecule has 3 aliphatic rings. The number of amides is 2. The van der Waals surface area contributed by atoms with E-state index >= 15 is 0 Å². The molecule has 1 saturated heterocycles. The van der Waals surface area contributed by atoms with Crippen LogP contribution >= 0.6 is 0 Å². The second-order valence-electron chi connectivity index (χ2n) is 8.84. The Morgan fingerprint density at radius 2 is 1.94 bits per heavy atom. The molecule has 1 atom stereocenters. The van der Waals surface area contributed by atoms with Crippen LogP contribution in [0.1, 0.15) is 24.8 Å². The fourth-order valence-electron chi connectivity index (χ4n) is 4.82. The van der Waals surface area contributed by atoms with Crippen molar-refractivity contribution < 1.29 is 13.2 Å². The van der Waals surface area contributed by atoms with Crippen molar-refractivity contribution in [1.82, 2.24) is 20.9 Å². The Morgan fingerprint density at radius 1 is 1.12 bits per heavy atom. The van der Waals surface area contributed by atoms with Crippen molar-refractivity contribution in [3.05, 3.63) is 53.5 Å². The number of fused-ring (bicyclic) bond motifs is 2. The standard InChI is InChI=1S/C23H30N6O3S/c24-7-3-15-13-26-21-12-18(1-2-20(15)21)29-14-16-11-17(27-22(16)28-23(29)30)6-10-33(31,32)19-4-8-25-9-5-19/h1-2,11-14,19,22,25-27H,3-10,24H2,(H,28,30). The maximum absolute atomic E-state index is 12.8. The van der Waals surface area contributed by atoms with Gasteiger partial charge in [0, 0.05) is 41.0 Å². The van der Waals surface area contributed by atoms with E-state index < -0.39 is 9.84 Å². The Bertz CT molecular complexity index is 1230. The molecule has 176 valence electrons. The molecule has 10 heteroatoms. The molecule has 5 rings (SSSR count). The lowest BCUT2D eigenvalue weighted by Crippen LogP contribution is -2.51. The Morgan fingerprint density at radius 3 is 2.73 bits per heavy atom. The first-order chi connectivity index (χ1) is 15.9. The molecule has 0 saturated carbocycles. The zero-order valence-electron chi connectivity index (χ0n) is 18.4. The Kier molecular flexibility index (Phi) is 5.90. The molecule has 9 nitrogen and oxygen atoms in total. The van der Waals surface area contributed by atoms with E-state index in [1.165, 1.54) is 0 Å². The molecule has 2 amide bonds. The smallest absolute Gasteiger partial charge is 0.327 e. The maximum atomic E-state index is 12.8. The molecule has 6 N–H and O–H groups in total. The quantitative estimate of drug-likeness (QED) is 0.416. The summed E-state index contributed by atoms with van der Waals surface area (Å²) in [5.74, 6) is 0.114. The molecule has 0 aliphatic carbocycles. The second kappa shape index (κ2) is 8.85. The predicted octanol–water partition coefficient (Wildman–Crippen LogP) is 1.45. The summed E-state index contributed by atoms with van der Waals surface area (Å²) >= 11 is 0. The molecular weight excluding hydrogens is 440 g/mol. The van der Waals surface area contributed by atoms with Crippen molar-refractivity contribution in [2.75, 3.05) is 30.3 Å². The van der Waals surface area contributed by atoms with Gasteiger partial charge in [0.25, 0.3) is 0 Å². The van der Waals surface area contributed by atoms with Crippen LogP contribution in [0.15, 0.2) is 47.9 Å². The first-order valence-electron chi connectivity index (χ1n) is 11.5. The predicted molar refractivity (Wildman–Crippen MR) is 129 cm³/mol. The molecule has 33 heavy (non-hydrogen) atoms. The average Bonchev–Trinajstić information content (AvgIpc) is 3.41. The first kappa shape index (κ1) is 22.0. The summed E-state index contributed by atoms with van der Waals surface area (Å²) in [6, 6.07) is 5.64. The van der Waals surface area contributed by atoms with Gasteiger partial charge in [-0.15, -0.1) is 0 Å². The van der Waals surface area contributed by atoms with E-state index in [-0.39, 0.29) is 23.2 Å². The minimum Gasteiger partial charge on any atom is -0.365 e. The van der Waals surface area contributed by atoms with Gasteiger partial charge in [-0.1, -0.05) is 6.07 Å². The number of rotatable bonds is 7. The van der Waals surface area contributed by atoms with Crippen molar-refractivity contribution >= 4 is 32.5 Å². The lowest BCUT2D eigenvalue weighted by molar-refractivity contribution is 0.243. The number of carbonyl (C=O) groups excluding carboxylic acids is 1. The number of aromatic nitrogens is 1. The van der Waals surface area contributed by atoms with E-state index in [2.05, 4.69) is 20.9 Å². The summed E-state index contributed by atoms with van der Waals surface area (Å²) in [5.41, 5.74) is 10.3. The monoisotopic (exact) mass is 470 g/mol. The summed E-state index contributed by atoms with van der Waals surface area (Å²) in [6.45, 7) is 2.09. The molecule has 2 aromatic rings. The Labute approximate surface area is 193 Å². The third-order valence-corrected chi connectivity index (χ3v) is 8.92. The number of allylic oxidation sites excluding steroid dienone is 1. The lowest BCUT2D eigenvalue weighted by atomic mass is 10.1. The Hall–Kier alpha value is -2.82. The fourth-order valence-corrected chi connectivity index (χ4v) is 6.61. The van der Waals surface area contributed by atoms with Crippen LogP contribution in [0.2, 0.25) is 0 Å². The number of benzene rings is 1. The zero-order chi connectivity index (χ0) is 23.0. The number of piperidine rings is 1. The van der Waals surface area contributed by atoms with Crippen LogP contribution in [-0.2, 0) is 16.3 Å². The van der Waals surface area contributed by atoms with Crippen LogP contribution < -0.4 is 26.6 Å². The van der Waals surface area contributed by atoms with Crippen LogP contribution in [0, 0.1) is 0 Å². The molecule has 4 heterocycles. The molecule has 1 unspecified atom stereocenters. The number of nitrogens with zero attached hydrogens (tertiary/aromatic N) is 1. The van der Waals surface area contributed by atoms with Crippen LogP contribution in [0.5, 0.6) is 0 Å². The summed E-state index contributed by atoms with van der Waals surface area (Å²) in [4.78, 5) is 17.6. The number of sulfone groups is 1. The highest BCUT2D eigenvalue weighted by Gasteiger charge is 2.32. The number of nitrogens with two attached hydrogens (primary N) is 1. The number of anilines is 1. The maximum Gasteiger partial charge on any atom is 0.327 e. The van der Waals surface area contributed by atoms with Crippen LogP contribution in [-0.4, -0.2) is 56.2 Å². The van der Waals surface area contributed by atoms with Gasteiger partial charge in [0.1, 0.15) is 6.17 Å². The number of hydrogen-bond acceptors (Lipinski definition) is 6. The van der Waals surface area contributed by atoms with E-state index in [0.29, 0.717) is 25.8 Å². The van der Waals surface area contributed by atoms with E-state index in [1.807, 2.05) is 36.7 Å². The first-order valence-corrected chi connectivity index (χ1v) is 13.2. The van der Waals surface area contributed by atoms with Crippen molar-refractivity contribution in [2.45, 2.75) is 37.1 Å². The third kappa shape index (κ3) is 4.38. The molecule has 1 aromatic heterocycles. The molecule has 0 bridgehead atoms. The molecule has 3 aliphatic heterocycles. The van der Waals surface area contributed by atoms with Crippen LogP contribution in [0.4, 0.5) is 10.5 Å². The average molecular weight is 471 g/mol. The highest BCUT2D eigenvalue weighted by atomic mass is 32.2. The van der Waals surface area contributed by atoms with Gasteiger partial charge >= 0.3 is 6.03 Å². The molecule has 0 radical (unpaired) electrons. The number of urea groups is 1. The molecule has 0 spiro atoms. The summed E-state index contributed by atoms with van der Waals surface area (Å²) in [7, 11) is -3.14. The van der Waals surface area contributed by atoms with Crippen LogP contribution in [0.3, 0.4) is 0 Å². The van der Waals surface area contributed by atoms with Gasteiger partial charge in [-0.2, -0.15) is 0 Å². The Balaban J connectivity index is 1.31. The third-order valence-electron chi connectivity index (χ3n) is 6.66. The van der Waals surface area contributed by atoms with Gasteiger partial charge in [-0.3, -0.25) is 4.90 Å². The topological polar surface area (TPSA) is 132 Å². The highest BCUT2D eigenvalue weighted by molar-refractivity contribution is 7.92. The summed E-state index contributed by atoms with van der Waals surface area (Å²) in [6.07, 6.45) is 7.93. The van der Waals surface area contributed by atoms with Gasteiger partial charge in [0.15, 0.2) is 9.84 Å². The van der Waals surface area contributed by atoms with E-state index in [0.717, 1.165) is 52.9 Å². The lowest BCUT2D eigenvalue weighted by Gasteiger charge is -2.29. The normalized spacial score (nSPS) is 21.4. The minimum absolute atomic E-state index is 0.114. The zero-order valence-corrected chi connectivity index (χ0v) is 19.2. The largest absolute Gasteiger partial charge is 0.365 e. The highest BCUT2D eigenvalue weighted by Crippen LogP contribution is 2.29. The second-order valence-corrected chi connectivity index (χ2v) is 11.2. The van der Waals surface area contributed by atoms with Crippen LogP contribution in [0.25, 0.3) is 10.9 Å². The number of hydrogen-bond donors (Lipinski definition) is 5. The number of H-pyrrole nitrogens is 1. The van der Waals surface area contributed by atoms with Gasteiger partial charge < -0.3 is 26.7 Å². The van der Waals surface area contributed by atoms with Gasteiger partial charge in [0.2, 0.25) is 0 Å². The SMILES string of the molecule is NCCc1c[nH]c2cc(N3C=C4C=C(CCS(=O)(=O)C5CCNCC5)NC4NC3=O)ccc12. The molecule has 1 fully saturated rings. The van der Waals surface area contributed by atoms with E-state index in [1.54, 1.807) is 4.90 Å². The van der Waals surface area contributed by atoms with Gasteiger partial charge in [-0.25, -0.2) is 13.2 Å². The van der Waals surface area contributed by atoms with Crippen molar-refractivity contribution in [2.24, 2.45) is 5.73 Å². The number of aromatic amines is 1. The van der Waals surface area contributed by atoms with Crippen molar-refractivity contribution in [1.29, 1.82) is 0 Å². The summed E-state index contributed by atoms with van der Waals surface area (Å²) in [5, 5.41) is 10.3. The number of carbonyl (C=O) groups is 1.